The SMILES string of the molecule is CCc1nccn1C1CCCN(C(=O)C(C)C(N)c2ccccc2)C1.Cl.Cl. The van der Waals surface area contributed by atoms with E-state index in [1.54, 1.807) is 0 Å². The van der Waals surface area contributed by atoms with Crippen LogP contribution >= 0.6 is 24.8 Å². The number of piperidine rings is 1. The van der Waals surface area contributed by atoms with Gasteiger partial charge in [0.1, 0.15) is 5.82 Å². The molecule has 0 aliphatic carbocycles. The first-order chi connectivity index (χ1) is 12.1. The molecule has 2 N–H and O–H groups in total. The molecular formula is C20H30Cl2N4O. The third-order valence-electron chi connectivity index (χ3n) is 5.28. The fraction of sp³-hybridized carbons (Fsp3) is 0.500. The third-order valence-corrected chi connectivity index (χ3v) is 5.28. The quantitative estimate of drug-likeness (QED) is 0.811. The lowest BCUT2D eigenvalue weighted by atomic mass is 9.93. The van der Waals surface area contributed by atoms with Gasteiger partial charge in [-0.3, -0.25) is 4.79 Å². The van der Waals surface area contributed by atoms with Crippen LogP contribution in [0.1, 0.15) is 50.2 Å². The number of carbonyl (C=O) groups excluding carboxylic acids is 1. The van der Waals surface area contributed by atoms with Gasteiger partial charge in [0.2, 0.25) is 5.91 Å². The summed E-state index contributed by atoms with van der Waals surface area (Å²) in [6.45, 7) is 5.62. The van der Waals surface area contributed by atoms with E-state index in [4.69, 9.17) is 5.73 Å². The van der Waals surface area contributed by atoms with Crippen LogP contribution in [0.15, 0.2) is 42.7 Å². The highest BCUT2D eigenvalue weighted by atomic mass is 35.5. The standard InChI is InChI=1S/C20H28N4O.2ClH/c1-3-18-22-11-13-24(18)17-10-7-12-23(14-17)20(25)15(2)19(21)16-8-5-4-6-9-16;;/h4-6,8-9,11,13,15,17,19H,3,7,10,12,14,21H2,1-2H3;2*1H. The number of rotatable bonds is 5. The minimum absolute atomic E-state index is 0. The lowest BCUT2D eigenvalue weighted by molar-refractivity contribution is -0.137. The van der Waals surface area contributed by atoms with E-state index in [-0.39, 0.29) is 42.7 Å². The molecule has 1 saturated heterocycles. The van der Waals surface area contributed by atoms with Crippen LogP contribution < -0.4 is 5.73 Å². The number of hydrogen-bond donors (Lipinski definition) is 1. The van der Waals surface area contributed by atoms with E-state index >= 15 is 0 Å². The van der Waals surface area contributed by atoms with Gasteiger partial charge < -0.3 is 15.2 Å². The fourth-order valence-corrected chi connectivity index (χ4v) is 3.74. The first-order valence-electron chi connectivity index (χ1n) is 9.22. The van der Waals surface area contributed by atoms with E-state index in [1.165, 1.54) is 0 Å². The van der Waals surface area contributed by atoms with Gasteiger partial charge in [-0.05, 0) is 18.4 Å². The van der Waals surface area contributed by atoms with E-state index < -0.39 is 0 Å². The maximum Gasteiger partial charge on any atom is 0.227 e. The molecule has 150 valence electrons. The summed E-state index contributed by atoms with van der Waals surface area (Å²) >= 11 is 0. The number of amides is 1. The van der Waals surface area contributed by atoms with Crippen molar-refractivity contribution in [1.82, 2.24) is 14.5 Å². The topological polar surface area (TPSA) is 64.2 Å². The first-order valence-corrected chi connectivity index (χ1v) is 9.22. The van der Waals surface area contributed by atoms with Gasteiger partial charge in [0.05, 0.1) is 12.0 Å². The maximum atomic E-state index is 13.0. The number of likely N-dealkylation sites (tertiary alicyclic amines) is 1. The van der Waals surface area contributed by atoms with Gasteiger partial charge in [-0.1, -0.05) is 44.2 Å². The Morgan fingerprint density at radius 1 is 1.30 bits per heavy atom. The Bertz CT molecular complexity index is 707. The zero-order valence-corrected chi connectivity index (χ0v) is 17.6. The summed E-state index contributed by atoms with van der Waals surface area (Å²) in [5.41, 5.74) is 7.37. The molecule has 1 aliphatic rings. The third kappa shape index (κ3) is 5.24. The smallest absolute Gasteiger partial charge is 0.227 e. The number of halogens is 2. The van der Waals surface area contributed by atoms with Crippen molar-refractivity contribution in [3.05, 3.63) is 54.1 Å². The number of carbonyl (C=O) groups is 1. The molecule has 2 aromatic rings. The van der Waals surface area contributed by atoms with Gasteiger partial charge in [-0.2, -0.15) is 0 Å². The van der Waals surface area contributed by atoms with Crippen molar-refractivity contribution in [3.63, 3.8) is 0 Å². The van der Waals surface area contributed by atoms with Crippen molar-refractivity contribution in [2.75, 3.05) is 13.1 Å². The number of hydrogen-bond acceptors (Lipinski definition) is 3. The summed E-state index contributed by atoms with van der Waals surface area (Å²) < 4.78 is 2.24. The zero-order valence-electron chi connectivity index (χ0n) is 16.0. The van der Waals surface area contributed by atoms with Crippen molar-refractivity contribution < 1.29 is 4.79 Å². The molecule has 0 bridgehead atoms. The van der Waals surface area contributed by atoms with Gasteiger partial charge in [0, 0.05) is 37.9 Å². The Kier molecular flexibility index (Phi) is 9.30. The van der Waals surface area contributed by atoms with E-state index in [0.717, 1.165) is 43.7 Å². The highest BCUT2D eigenvalue weighted by molar-refractivity contribution is 5.85. The average molecular weight is 413 g/mol. The normalized spacial score (nSPS) is 18.8. The molecule has 0 spiro atoms. The van der Waals surface area contributed by atoms with Gasteiger partial charge in [0.25, 0.3) is 0 Å². The van der Waals surface area contributed by atoms with Gasteiger partial charge in [-0.15, -0.1) is 24.8 Å². The second kappa shape index (κ2) is 10.7. The van der Waals surface area contributed by atoms with Crippen LogP contribution in [0, 0.1) is 5.92 Å². The number of nitrogens with zero attached hydrogens (tertiary/aromatic N) is 3. The summed E-state index contributed by atoms with van der Waals surface area (Å²) in [4.78, 5) is 19.4. The molecule has 3 rings (SSSR count). The predicted octanol–water partition coefficient (Wildman–Crippen LogP) is 3.79. The molecule has 5 nitrogen and oxygen atoms in total. The van der Waals surface area contributed by atoms with Crippen LogP contribution in [0.3, 0.4) is 0 Å². The number of aromatic nitrogens is 2. The Labute approximate surface area is 174 Å². The molecule has 0 saturated carbocycles. The van der Waals surface area contributed by atoms with Crippen molar-refractivity contribution in [3.8, 4) is 0 Å². The summed E-state index contributed by atoms with van der Waals surface area (Å²) in [5, 5.41) is 0. The molecule has 1 amide bonds. The van der Waals surface area contributed by atoms with Crippen LogP contribution in [0.2, 0.25) is 0 Å². The van der Waals surface area contributed by atoms with E-state index in [0.29, 0.717) is 6.04 Å². The molecule has 0 radical (unpaired) electrons. The molecule has 1 fully saturated rings. The second-order valence-electron chi connectivity index (χ2n) is 6.91. The van der Waals surface area contributed by atoms with Crippen molar-refractivity contribution in [1.29, 1.82) is 0 Å². The number of aryl methyl sites for hydroxylation is 1. The zero-order chi connectivity index (χ0) is 17.8. The van der Waals surface area contributed by atoms with Gasteiger partial charge in [0.15, 0.2) is 0 Å². The van der Waals surface area contributed by atoms with Gasteiger partial charge >= 0.3 is 0 Å². The van der Waals surface area contributed by atoms with Crippen molar-refractivity contribution in [2.45, 2.75) is 45.2 Å². The minimum Gasteiger partial charge on any atom is -0.340 e. The lowest BCUT2D eigenvalue weighted by Crippen LogP contribution is -2.45. The molecule has 3 atom stereocenters. The van der Waals surface area contributed by atoms with E-state index in [1.807, 2.05) is 54.5 Å². The van der Waals surface area contributed by atoms with Crippen LogP contribution in [0.25, 0.3) is 0 Å². The fourth-order valence-electron chi connectivity index (χ4n) is 3.74. The Hall–Kier alpha value is -1.56. The molecular weight excluding hydrogens is 383 g/mol. The highest BCUT2D eigenvalue weighted by Gasteiger charge is 2.31. The minimum atomic E-state index is -0.270. The van der Waals surface area contributed by atoms with Crippen molar-refractivity contribution in [2.24, 2.45) is 11.7 Å². The predicted molar refractivity (Wildman–Crippen MR) is 113 cm³/mol. The molecule has 27 heavy (non-hydrogen) atoms. The van der Waals surface area contributed by atoms with Crippen LogP contribution in [0.4, 0.5) is 0 Å². The van der Waals surface area contributed by atoms with E-state index in [2.05, 4.69) is 16.5 Å². The molecule has 3 unspecified atom stereocenters. The Balaban J connectivity index is 0.00000182. The first kappa shape index (κ1) is 23.5. The van der Waals surface area contributed by atoms with Crippen LogP contribution in [0.5, 0.6) is 0 Å². The molecule has 1 aliphatic heterocycles. The van der Waals surface area contributed by atoms with Gasteiger partial charge in [-0.25, -0.2) is 4.98 Å². The highest BCUT2D eigenvalue weighted by Crippen LogP contribution is 2.27. The Morgan fingerprint density at radius 3 is 2.67 bits per heavy atom. The number of nitrogens with two attached hydrogens (primary N) is 1. The molecule has 7 heteroatoms. The van der Waals surface area contributed by atoms with E-state index in [9.17, 15) is 4.79 Å². The van der Waals surface area contributed by atoms with Crippen LogP contribution in [-0.2, 0) is 11.2 Å². The monoisotopic (exact) mass is 412 g/mol. The number of imidazole rings is 1. The summed E-state index contributed by atoms with van der Waals surface area (Å²) in [5.74, 6) is 1.02. The maximum absolute atomic E-state index is 13.0. The summed E-state index contributed by atoms with van der Waals surface area (Å²) in [7, 11) is 0. The average Bonchev–Trinajstić information content (AvgIpc) is 3.16. The largest absolute Gasteiger partial charge is 0.340 e. The molecule has 1 aromatic carbocycles. The van der Waals surface area contributed by atoms with Crippen molar-refractivity contribution >= 4 is 30.7 Å². The molecule has 2 heterocycles. The summed E-state index contributed by atoms with van der Waals surface area (Å²) in [6, 6.07) is 9.93. The summed E-state index contributed by atoms with van der Waals surface area (Å²) in [6.07, 6.45) is 6.91. The lowest BCUT2D eigenvalue weighted by Gasteiger charge is -2.36. The van der Waals surface area contributed by atoms with Crippen LogP contribution in [-0.4, -0.2) is 33.4 Å². The molecule has 1 aromatic heterocycles. The second-order valence-corrected chi connectivity index (χ2v) is 6.91. The number of benzene rings is 1. The Morgan fingerprint density at radius 2 is 2.00 bits per heavy atom.